The topological polar surface area (TPSA) is 97.8 Å². The van der Waals surface area contributed by atoms with Crippen molar-refractivity contribution < 1.29 is 33.3 Å². The van der Waals surface area contributed by atoms with Crippen LogP contribution in [0.5, 0.6) is 17.2 Å². The lowest BCUT2D eigenvalue weighted by molar-refractivity contribution is -0.136. The van der Waals surface area contributed by atoms with Crippen LogP contribution in [0, 0.1) is 0 Å². The van der Waals surface area contributed by atoms with Gasteiger partial charge in [0.2, 0.25) is 5.91 Å². The van der Waals surface area contributed by atoms with E-state index in [0.29, 0.717) is 61.2 Å². The maximum Gasteiger partial charge on any atom is 0.409 e. The highest BCUT2D eigenvalue weighted by molar-refractivity contribution is 6.02. The van der Waals surface area contributed by atoms with Crippen LogP contribution in [0.25, 0.3) is 0 Å². The molecule has 10 nitrogen and oxygen atoms in total. The van der Waals surface area contributed by atoms with Crippen LogP contribution in [0.2, 0.25) is 0 Å². The van der Waals surface area contributed by atoms with Crippen LogP contribution in [0.1, 0.15) is 40.4 Å². The molecule has 2 aliphatic rings. The Morgan fingerprint density at radius 1 is 0.892 bits per heavy atom. The predicted molar refractivity (Wildman–Crippen MR) is 135 cm³/mol. The molecule has 2 aromatic carbocycles. The SMILES string of the molecule is CCOC(=O)N1CCN(C(=O)[C@H]2c3cc(OC)c(OC)cc3C(=O)N(C)[C@@H]2c2ccc(OC)cc2)CC1. The quantitative estimate of drug-likeness (QED) is 0.588. The van der Waals surface area contributed by atoms with E-state index in [1.807, 2.05) is 24.3 Å². The summed E-state index contributed by atoms with van der Waals surface area (Å²) in [5, 5.41) is 0. The van der Waals surface area contributed by atoms with Crippen LogP contribution in [0.15, 0.2) is 36.4 Å². The fourth-order valence-electron chi connectivity index (χ4n) is 5.05. The summed E-state index contributed by atoms with van der Waals surface area (Å²) in [6, 6.07) is 10.2. The van der Waals surface area contributed by atoms with Gasteiger partial charge in [-0.2, -0.15) is 0 Å². The Labute approximate surface area is 216 Å². The number of carbonyl (C=O) groups is 3. The van der Waals surface area contributed by atoms with Crippen molar-refractivity contribution in [2.45, 2.75) is 18.9 Å². The minimum absolute atomic E-state index is 0.128. The molecule has 0 aliphatic carbocycles. The van der Waals surface area contributed by atoms with E-state index in [2.05, 4.69) is 0 Å². The van der Waals surface area contributed by atoms with Crippen LogP contribution in [0.4, 0.5) is 4.79 Å². The standard InChI is InChI=1S/C27H33N3O7/c1-6-37-27(33)30-13-11-29(12-14-30)26(32)23-19-15-21(35-4)22(36-5)16-20(19)25(31)28(2)24(23)17-7-9-18(34-3)10-8-17/h7-10,15-16,23-24H,6,11-14H2,1-5H3/t23-,24+/m0/s1. The number of carbonyl (C=O) groups excluding carboxylic acids is 3. The average molecular weight is 512 g/mol. The van der Waals surface area contributed by atoms with Crippen molar-refractivity contribution >= 4 is 17.9 Å². The largest absolute Gasteiger partial charge is 0.497 e. The lowest BCUT2D eigenvalue weighted by Gasteiger charge is -2.43. The summed E-state index contributed by atoms with van der Waals surface area (Å²) in [5.74, 6) is 0.501. The molecule has 2 aliphatic heterocycles. The summed E-state index contributed by atoms with van der Waals surface area (Å²) in [5.41, 5.74) is 1.79. The summed E-state index contributed by atoms with van der Waals surface area (Å²) in [4.78, 5) is 44.8. The van der Waals surface area contributed by atoms with Crippen molar-refractivity contribution in [1.29, 1.82) is 0 Å². The summed E-state index contributed by atoms with van der Waals surface area (Å²) >= 11 is 0. The van der Waals surface area contributed by atoms with E-state index in [1.54, 1.807) is 47.9 Å². The second-order valence-corrected chi connectivity index (χ2v) is 8.92. The van der Waals surface area contributed by atoms with Crippen molar-refractivity contribution in [3.63, 3.8) is 0 Å². The summed E-state index contributed by atoms with van der Waals surface area (Å²) in [6.07, 6.45) is -0.379. The van der Waals surface area contributed by atoms with E-state index in [4.69, 9.17) is 18.9 Å². The van der Waals surface area contributed by atoms with Gasteiger partial charge in [-0.1, -0.05) is 12.1 Å². The molecular weight excluding hydrogens is 478 g/mol. The van der Waals surface area contributed by atoms with Crippen molar-refractivity contribution in [3.05, 3.63) is 53.1 Å². The molecule has 1 fully saturated rings. The third-order valence-corrected chi connectivity index (χ3v) is 7.02. The lowest BCUT2D eigenvalue weighted by Crippen LogP contribution is -2.54. The molecule has 3 amide bonds. The van der Waals surface area contributed by atoms with Gasteiger partial charge in [0.25, 0.3) is 5.91 Å². The first-order valence-corrected chi connectivity index (χ1v) is 12.2. The molecule has 0 saturated carbocycles. The second-order valence-electron chi connectivity index (χ2n) is 8.92. The fraction of sp³-hybridized carbons (Fsp3) is 0.444. The Bertz CT molecular complexity index is 1160. The van der Waals surface area contributed by atoms with Crippen molar-refractivity contribution in [2.24, 2.45) is 0 Å². The van der Waals surface area contributed by atoms with Gasteiger partial charge >= 0.3 is 6.09 Å². The Kier molecular flexibility index (Phi) is 7.75. The maximum absolute atomic E-state index is 14.2. The molecule has 0 aromatic heterocycles. The van der Waals surface area contributed by atoms with Crippen LogP contribution >= 0.6 is 0 Å². The number of hydrogen-bond donors (Lipinski definition) is 0. The van der Waals surface area contributed by atoms with Crippen LogP contribution in [-0.4, -0.2) is 93.8 Å². The summed E-state index contributed by atoms with van der Waals surface area (Å²) in [7, 11) is 6.32. The van der Waals surface area contributed by atoms with Gasteiger partial charge in [0.15, 0.2) is 11.5 Å². The van der Waals surface area contributed by atoms with Crippen LogP contribution < -0.4 is 14.2 Å². The Balaban J connectivity index is 1.76. The highest BCUT2D eigenvalue weighted by Gasteiger charge is 2.45. The number of hydrogen-bond acceptors (Lipinski definition) is 7. The molecule has 0 N–H and O–H groups in total. The Morgan fingerprint density at radius 3 is 2.05 bits per heavy atom. The third-order valence-electron chi connectivity index (χ3n) is 7.02. The summed E-state index contributed by atoms with van der Waals surface area (Å²) in [6.45, 7) is 3.54. The second kappa shape index (κ2) is 11.0. The molecule has 0 unspecified atom stereocenters. The van der Waals surface area contributed by atoms with Gasteiger partial charge in [-0.15, -0.1) is 0 Å². The maximum atomic E-state index is 14.2. The number of methoxy groups -OCH3 is 3. The molecule has 2 aromatic rings. The molecule has 4 rings (SSSR count). The van der Waals surface area contributed by atoms with E-state index >= 15 is 0 Å². The molecule has 0 spiro atoms. The number of fused-ring (bicyclic) bond motifs is 1. The number of rotatable bonds is 6. The van der Waals surface area contributed by atoms with Crippen molar-refractivity contribution in [3.8, 4) is 17.2 Å². The average Bonchev–Trinajstić information content (AvgIpc) is 2.94. The van der Waals surface area contributed by atoms with E-state index in [0.717, 1.165) is 5.56 Å². The van der Waals surface area contributed by atoms with E-state index < -0.39 is 12.0 Å². The smallest absolute Gasteiger partial charge is 0.409 e. The minimum Gasteiger partial charge on any atom is -0.497 e. The Morgan fingerprint density at radius 2 is 1.49 bits per heavy atom. The van der Waals surface area contributed by atoms with E-state index in [9.17, 15) is 14.4 Å². The van der Waals surface area contributed by atoms with Crippen LogP contribution in [0.3, 0.4) is 0 Å². The molecule has 1 saturated heterocycles. The number of likely N-dealkylation sites (N-methyl/N-ethyl adjacent to an activating group) is 1. The minimum atomic E-state index is -0.694. The monoisotopic (exact) mass is 511 g/mol. The van der Waals surface area contributed by atoms with Crippen molar-refractivity contribution in [1.82, 2.24) is 14.7 Å². The Hall–Kier alpha value is -3.95. The number of ether oxygens (including phenoxy) is 4. The van der Waals surface area contributed by atoms with Gasteiger partial charge in [-0.05, 0) is 42.3 Å². The zero-order valence-corrected chi connectivity index (χ0v) is 21.9. The van der Waals surface area contributed by atoms with Gasteiger partial charge < -0.3 is 33.6 Å². The first kappa shape index (κ1) is 26.1. The molecule has 37 heavy (non-hydrogen) atoms. The van der Waals surface area contributed by atoms with Gasteiger partial charge in [-0.3, -0.25) is 9.59 Å². The molecule has 2 heterocycles. The van der Waals surface area contributed by atoms with Gasteiger partial charge in [-0.25, -0.2) is 4.79 Å². The van der Waals surface area contributed by atoms with Gasteiger partial charge in [0.1, 0.15) is 5.75 Å². The highest BCUT2D eigenvalue weighted by atomic mass is 16.6. The zero-order valence-electron chi connectivity index (χ0n) is 21.9. The number of piperazine rings is 1. The third kappa shape index (κ3) is 4.87. The summed E-state index contributed by atoms with van der Waals surface area (Å²) < 4.78 is 21.4. The number of nitrogens with zero attached hydrogens (tertiary/aromatic N) is 3. The highest BCUT2D eigenvalue weighted by Crippen LogP contribution is 2.46. The number of benzene rings is 2. The molecule has 2 atom stereocenters. The van der Waals surface area contributed by atoms with E-state index in [1.165, 1.54) is 14.2 Å². The van der Waals surface area contributed by atoms with Crippen LogP contribution in [-0.2, 0) is 9.53 Å². The van der Waals surface area contributed by atoms with Gasteiger partial charge in [0, 0.05) is 38.8 Å². The van der Waals surface area contributed by atoms with Crippen molar-refractivity contribution in [2.75, 3.05) is 61.2 Å². The fourth-order valence-corrected chi connectivity index (χ4v) is 5.05. The first-order valence-electron chi connectivity index (χ1n) is 12.2. The molecule has 198 valence electrons. The molecule has 0 radical (unpaired) electrons. The molecule has 10 heteroatoms. The predicted octanol–water partition coefficient (Wildman–Crippen LogP) is 2.92. The van der Waals surface area contributed by atoms with Gasteiger partial charge in [0.05, 0.1) is 39.9 Å². The normalized spacial score (nSPS) is 19.3. The first-order chi connectivity index (χ1) is 17.8. The molecule has 0 bridgehead atoms. The van der Waals surface area contributed by atoms with E-state index in [-0.39, 0.29) is 17.9 Å². The zero-order chi connectivity index (χ0) is 26.7. The molecular formula is C27H33N3O7. The number of amides is 3. The lowest BCUT2D eigenvalue weighted by atomic mass is 9.78.